The van der Waals surface area contributed by atoms with Crippen molar-refractivity contribution in [1.82, 2.24) is 10.6 Å². The van der Waals surface area contributed by atoms with Crippen molar-refractivity contribution in [2.24, 2.45) is 0 Å². The van der Waals surface area contributed by atoms with Crippen molar-refractivity contribution in [2.45, 2.75) is 13.3 Å². The molecule has 0 fully saturated rings. The van der Waals surface area contributed by atoms with Crippen LogP contribution in [0.1, 0.15) is 23.7 Å². The van der Waals surface area contributed by atoms with Gasteiger partial charge in [0, 0.05) is 18.7 Å². The number of hydrogen-bond acceptors (Lipinski definition) is 5. The van der Waals surface area contributed by atoms with Gasteiger partial charge in [-0.3, -0.25) is 4.79 Å². The van der Waals surface area contributed by atoms with Gasteiger partial charge in [-0.15, -0.1) is 12.4 Å². The fourth-order valence-corrected chi connectivity index (χ4v) is 2.99. The summed E-state index contributed by atoms with van der Waals surface area (Å²) in [6.07, 6.45) is 3.09. The Bertz CT molecular complexity index is 827. The van der Waals surface area contributed by atoms with E-state index in [9.17, 15) is 4.79 Å². The van der Waals surface area contributed by atoms with Gasteiger partial charge in [0.05, 0.1) is 6.61 Å². The summed E-state index contributed by atoms with van der Waals surface area (Å²) in [5, 5.41) is 6.24. The Labute approximate surface area is 184 Å². The summed E-state index contributed by atoms with van der Waals surface area (Å²) in [6, 6.07) is 14.8. The molecule has 30 heavy (non-hydrogen) atoms. The van der Waals surface area contributed by atoms with Gasteiger partial charge in [0.2, 0.25) is 0 Å². The van der Waals surface area contributed by atoms with E-state index in [2.05, 4.69) is 16.7 Å². The Morgan fingerprint density at radius 3 is 2.57 bits per heavy atom. The van der Waals surface area contributed by atoms with Crippen LogP contribution in [0.4, 0.5) is 0 Å². The van der Waals surface area contributed by atoms with Crippen LogP contribution in [0, 0.1) is 0 Å². The minimum atomic E-state index is -0.121. The Morgan fingerprint density at radius 1 is 1.03 bits per heavy atom. The Morgan fingerprint density at radius 2 is 1.83 bits per heavy atom. The van der Waals surface area contributed by atoms with E-state index in [1.165, 1.54) is 5.57 Å². The smallest absolute Gasteiger partial charge is 0.251 e. The molecule has 2 aromatic carbocycles. The second kappa shape index (κ2) is 12.8. The zero-order chi connectivity index (χ0) is 20.3. The molecule has 0 saturated heterocycles. The van der Waals surface area contributed by atoms with E-state index in [-0.39, 0.29) is 18.3 Å². The SMILES string of the molecule is CCOc1cc(C(=O)NCC2=CCNCC2)ccc1OCCOc1ccccc1.Cl. The number of amides is 1. The summed E-state index contributed by atoms with van der Waals surface area (Å²) in [4.78, 5) is 12.5. The Balaban J connectivity index is 0.00000320. The molecule has 3 rings (SSSR count). The normalized spacial score (nSPS) is 12.9. The minimum absolute atomic E-state index is 0. The molecule has 2 N–H and O–H groups in total. The number of rotatable bonds is 10. The number of ether oxygens (including phenoxy) is 3. The molecule has 1 aliphatic heterocycles. The van der Waals surface area contributed by atoms with Crippen LogP contribution in [-0.2, 0) is 0 Å². The second-order valence-electron chi connectivity index (χ2n) is 6.60. The quantitative estimate of drug-likeness (QED) is 0.443. The van der Waals surface area contributed by atoms with E-state index in [0.29, 0.717) is 43.4 Å². The van der Waals surface area contributed by atoms with Crippen LogP contribution in [0.15, 0.2) is 60.2 Å². The van der Waals surface area contributed by atoms with E-state index >= 15 is 0 Å². The average Bonchev–Trinajstić information content (AvgIpc) is 2.77. The molecular weight excluding hydrogens is 404 g/mol. The first-order chi connectivity index (χ1) is 14.3. The molecule has 0 unspecified atom stereocenters. The zero-order valence-electron chi connectivity index (χ0n) is 17.2. The molecule has 2 aromatic rings. The molecule has 0 aromatic heterocycles. The number of benzene rings is 2. The first kappa shape index (κ1) is 23.6. The zero-order valence-corrected chi connectivity index (χ0v) is 18.0. The fraction of sp³-hybridized carbons (Fsp3) is 0.348. The lowest BCUT2D eigenvalue weighted by atomic mass is 10.1. The van der Waals surface area contributed by atoms with Crippen molar-refractivity contribution in [3.63, 3.8) is 0 Å². The van der Waals surface area contributed by atoms with Crippen molar-refractivity contribution >= 4 is 18.3 Å². The van der Waals surface area contributed by atoms with E-state index in [1.807, 2.05) is 37.3 Å². The van der Waals surface area contributed by atoms with Crippen molar-refractivity contribution in [1.29, 1.82) is 0 Å². The molecule has 162 valence electrons. The van der Waals surface area contributed by atoms with Crippen molar-refractivity contribution in [3.8, 4) is 17.2 Å². The number of para-hydroxylation sites is 1. The second-order valence-corrected chi connectivity index (χ2v) is 6.60. The first-order valence-corrected chi connectivity index (χ1v) is 10.0. The molecule has 0 radical (unpaired) electrons. The number of nitrogens with one attached hydrogen (secondary N) is 2. The van der Waals surface area contributed by atoms with E-state index in [0.717, 1.165) is 25.3 Å². The average molecular weight is 433 g/mol. The summed E-state index contributed by atoms with van der Waals surface area (Å²) in [5.74, 6) is 1.84. The summed E-state index contributed by atoms with van der Waals surface area (Å²) >= 11 is 0. The molecule has 6 nitrogen and oxygen atoms in total. The van der Waals surface area contributed by atoms with E-state index in [1.54, 1.807) is 18.2 Å². The molecule has 0 spiro atoms. The summed E-state index contributed by atoms with van der Waals surface area (Å²) in [6.45, 7) is 5.57. The van der Waals surface area contributed by atoms with Crippen LogP contribution in [0.5, 0.6) is 17.2 Å². The highest BCUT2D eigenvalue weighted by molar-refractivity contribution is 5.95. The molecule has 0 bridgehead atoms. The third kappa shape index (κ3) is 7.28. The fourth-order valence-electron chi connectivity index (χ4n) is 2.99. The van der Waals surface area contributed by atoms with Gasteiger partial charge >= 0.3 is 0 Å². The highest BCUT2D eigenvalue weighted by Crippen LogP contribution is 2.28. The summed E-state index contributed by atoms with van der Waals surface area (Å²) in [7, 11) is 0. The van der Waals surface area contributed by atoms with Gasteiger partial charge < -0.3 is 24.8 Å². The van der Waals surface area contributed by atoms with Crippen LogP contribution in [0.2, 0.25) is 0 Å². The van der Waals surface area contributed by atoms with Gasteiger partial charge in [0.15, 0.2) is 11.5 Å². The van der Waals surface area contributed by atoms with Crippen LogP contribution in [0.25, 0.3) is 0 Å². The number of carbonyl (C=O) groups is 1. The Hall–Kier alpha value is -2.70. The van der Waals surface area contributed by atoms with E-state index < -0.39 is 0 Å². The predicted molar refractivity (Wildman–Crippen MR) is 120 cm³/mol. The van der Waals surface area contributed by atoms with E-state index in [4.69, 9.17) is 14.2 Å². The highest BCUT2D eigenvalue weighted by atomic mass is 35.5. The lowest BCUT2D eigenvalue weighted by Crippen LogP contribution is -2.29. The third-order valence-corrected chi connectivity index (χ3v) is 4.49. The lowest BCUT2D eigenvalue weighted by Gasteiger charge is -2.16. The standard InChI is InChI=1S/C23H28N2O4.ClH/c1-2-27-22-16-19(23(26)25-17-18-10-12-24-13-11-18)8-9-21(22)29-15-14-28-20-6-4-3-5-7-20;/h3-10,16,24H,2,11-15,17H2,1H3,(H,25,26);1H. The van der Waals surface area contributed by atoms with Crippen molar-refractivity contribution < 1.29 is 19.0 Å². The van der Waals surface area contributed by atoms with Gasteiger partial charge in [0.1, 0.15) is 19.0 Å². The lowest BCUT2D eigenvalue weighted by molar-refractivity contribution is 0.0956. The maximum absolute atomic E-state index is 12.5. The molecule has 0 atom stereocenters. The number of carbonyl (C=O) groups excluding carboxylic acids is 1. The maximum Gasteiger partial charge on any atom is 0.251 e. The predicted octanol–water partition coefficient (Wildman–Crippen LogP) is 3.61. The number of halogens is 1. The topological polar surface area (TPSA) is 68.8 Å². The molecule has 1 heterocycles. The molecule has 1 aliphatic rings. The van der Waals surface area contributed by atoms with Crippen LogP contribution < -0.4 is 24.8 Å². The van der Waals surface area contributed by atoms with Crippen LogP contribution in [-0.4, -0.2) is 45.4 Å². The highest BCUT2D eigenvalue weighted by Gasteiger charge is 2.13. The van der Waals surface area contributed by atoms with Gasteiger partial charge in [-0.05, 0) is 50.2 Å². The minimum Gasteiger partial charge on any atom is -0.490 e. The van der Waals surface area contributed by atoms with Gasteiger partial charge in [-0.1, -0.05) is 29.8 Å². The summed E-state index contributed by atoms with van der Waals surface area (Å²) < 4.78 is 17.1. The molecule has 1 amide bonds. The number of hydrogen-bond donors (Lipinski definition) is 2. The van der Waals surface area contributed by atoms with Crippen molar-refractivity contribution in [3.05, 3.63) is 65.7 Å². The van der Waals surface area contributed by atoms with Gasteiger partial charge in [-0.2, -0.15) is 0 Å². The van der Waals surface area contributed by atoms with Gasteiger partial charge in [-0.25, -0.2) is 0 Å². The first-order valence-electron chi connectivity index (χ1n) is 10.0. The third-order valence-electron chi connectivity index (χ3n) is 4.49. The largest absolute Gasteiger partial charge is 0.490 e. The van der Waals surface area contributed by atoms with Crippen LogP contribution >= 0.6 is 12.4 Å². The maximum atomic E-state index is 12.5. The molecule has 7 heteroatoms. The van der Waals surface area contributed by atoms with Crippen molar-refractivity contribution in [2.75, 3.05) is 39.5 Å². The monoisotopic (exact) mass is 432 g/mol. The molecule has 0 aliphatic carbocycles. The summed E-state index contributed by atoms with van der Waals surface area (Å²) in [5.41, 5.74) is 1.80. The van der Waals surface area contributed by atoms with Crippen LogP contribution in [0.3, 0.4) is 0 Å². The molecular formula is C23H29ClN2O4. The van der Waals surface area contributed by atoms with Gasteiger partial charge in [0.25, 0.3) is 5.91 Å². The molecule has 0 saturated carbocycles. The Kier molecular flexibility index (Phi) is 10.0.